The number of anilines is 1. The predicted molar refractivity (Wildman–Crippen MR) is 103 cm³/mol. The molecule has 4 nitrogen and oxygen atoms in total. The Hall–Kier alpha value is -2.14. The zero-order valence-corrected chi connectivity index (χ0v) is 15.6. The van der Waals surface area contributed by atoms with E-state index in [1.54, 1.807) is 18.2 Å². The van der Waals surface area contributed by atoms with Crippen LogP contribution in [0.15, 0.2) is 53.0 Å². The van der Waals surface area contributed by atoms with Crippen LogP contribution in [0.2, 0.25) is 0 Å². The maximum Gasteiger partial charge on any atom is 0.241 e. The zero-order chi connectivity index (χ0) is 17.6. The van der Waals surface area contributed by atoms with Crippen molar-refractivity contribution in [1.82, 2.24) is 4.90 Å². The second-order valence-electron chi connectivity index (χ2n) is 6.18. The van der Waals surface area contributed by atoms with E-state index in [1.807, 2.05) is 35.2 Å². The van der Waals surface area contributed by atoms with Crippen molar-refractivity contribution >= 4 is 33.3 Å². The van der Waals surface area contributed by atoms with Crippen LogP contribution in [0, 0.1) is 0 Å². The Balaban J connectivity index is 1.75. The molecule has 0 atom stereocenters. The lowest BCUT2D eigenvalue weighted by atomic mass is 10.0. The Bertz CT molecular complexity index is 756. The van der Waals surface area contributed by atoms with Gasteiger partial charge in [0.15, 0.2) is 5.78 Å². The Labute approximate surface area is 156 Å². The van der Waals surface area contributed by atoms with Gasteiger partial charge in [0, 0.05) is 34.4 Å². The van der Waals surface area contributed by atoms with Crippen LogP contribution in [-0.4, -0.2) is 36.2 Å². The normalized spacial score (nSPS) is 14.2. The number of rotatable bonds is 5. The first-order chi connectivity index (χ1) is 12.1. The van der Waals surface area contributed by atoms with E-state index in [2.05, 4.69) is 21.2 Å². The lowest BCUT2D eigenvalue weighted by molar-refractivity contribution is -0.130. The molecule has 0 aliphatic carbocycles. The van der Waals surface area contributed by atoms with Crippen LogP contribution >= 0.6 is 15.9 Å². The molecular formula is C20H21BrN2O2. The molecule has 1 heterocycles. The van der Waals surface area contributed by atoms with Gasteiger partial charge < -0.3 is 10.2 Å². The largest absolute Gasteiger partial charge is 0.376 e. The average molecular weight is 401 g/mol. The molecule has 25 heavy (non-hydrogen) atoms. The molecule has 1 aliphatic heterocycles. The third-order valence-corrected chi connectivity index (χ3v) is 4.89. The first-order valence-corrected chi connectivity index (χ1v) is 9.35. The Morgan fingerprint density at radius 1 is 1.00 bits per heavy atom. The van der Waals surface area contributed by atoms with Gasteiger partial charge in [-0.15, -0.1) is 0 Å². The minimum Gasteiger partial charge on any atom is -0.376 e. The molecule has 2 aromatic carbocycles. The third-order valence-electron chi connectivity index (χ3n) is 4.40. The molecule has 1 N–H and O–H groups in total. The number of hydrogen-bond acceptors (Lipinski definition) is 3. The summed E-state index contributed by atoms with van der Waals surface area (Å²) >= 11 is 3.42. The van der Waals surface area contributed by atoms with Gasteiger partial charge in [0.05, 0.1) is 6.54 Å². The highest BCUT2D eigenvalue weighted by Gasteiger charge is 2.18. The molecule has 0 unspecified atom stereocenters. The van der Waals surface area contributed by atoms with Crippen LogP contribution in [0.25, 0.3) is 0 Å². The number of amides is 1. The van der Waals surface area contributed by atoms with Gasteiger partial charge in [-0.2, -0.15) is 0 Å². The molecule has 130 valence electrons. The smallest absolute Gasteiger partial charge is 0.241 e. The molecule has 5 heteroatoms. The van der Waals surface area contributed by atoms with Gasteiger partial charge in [-0.05, 0) is 37.5 Å². The van der Waals surface area contributed by atoms with Crippen LogP contribution in [0.5, 0.6) is 0 Å². The van der Waals surface area contributed by atoms with Gasteiger partial charge in [0.2, 0.25) is 5.91 Å². The maximum absolute atomic E-state index is 12.8. The van der Waals surface area contributed by atoms with E-state index in [0.717, 1.165) is 30.4 Å². The summed E-state index contributed by atoms with van der Waals surface area (Å²) in [6, 6.07) is 14.7. The zero-order valence-electron chi connectivity index (χ0n) is 14.0. The quantitative estimate of drug-likeness (QED) is 0.768. The van der Waals surface area contributed by atoms with Gasteiger partial charge in [-0.25, -0.2) is 0 Å². The summed E-state index contributed by atoms with van der Waals surface area (Å²) in [6.07, 6.45) is 3.34. The van der Waals surface area contributed by atoms with Crippen molar-refractivity contribution in [1.29, 1.82) is 0 Å². The minimum absolute atomic E-state index is 0.0604. The van der Waals surface area contributed by atoms with E-state index in [4.69, 9.17) is 0 Å². The van der Waals surface area contributed by atoms with Gasteiger partial charge >= 0.3 is 0 Å². The SMILES string of the molecule is O=C(c1ccccc1)c1cc(Br)ccc1NCC(=O)N1CCCCC1. The topological polar surface area (TPSA) is 49.4 Å². The highest BCUT2D eigenvalue weighted by atomic mass is 79.9. The molecule has 1 saturated heterocycles. The summed E-state index contributed by atoms with van der Waals surface area (Å²) in [6.45, 7) is 1.87. The number of likely N-dealkylation sites (tertiary alicyclic amines) is 1. The van der Waals surface area contributed by atoms with Crippen molar-refractivity contribution in [3.05, 3.63) is 64.1 Å². The van der Waals surface area contributed by atoms with Crippen LogP contribution in [0.1, 0.15) is 35.2 Å². The number of nitrogens with one attached hydrogen (secondary N) is 1. The van der Waals surface area contributed by atoms with Crippen molar-refractivity contribution in [2.75, 3.05) is 25.0 Å². The summed E-state index contributed by atoms with van der Waals surface area (Å²) in [5, 5.41) is 3.16. The summed E-state index contributed by atoms with van der Waals surface area (Å²) < 4.78 is 0.833. The molecule has 0 radical (unpaired) electrons. The summed E-state index contributed by atoms with van der Waals surface area (Å²) in [7, 11) is 0. The number of hydrogen-bond donors (Lipinski definition) is 1. The van der Waals surface area contributed by atoms with Gasteiger partial charge in [0.1, 0.15) is 0 Å². The van der Waals surface area contributed by atoms with E-state index in [-0.39, 0.29) is 18.2 Å². The Morgan fingerprint density at radius 3 is 2.44 bits per heavy atom. The minimum atomic E-state index is -0.0604. The van der Waals surface area contributed by atoms with Gasteiger partial charge in [-0.1, -0.05) is 46.3 Å². The second-order valence-corrected chi connectivity index (χ2v) is 7.10. The Kier molecular flexibility index (Phi) is 5.87. The van der Waals surface area contributed by atoms with Crippen molar-refractivity contribution in [3.8, 4) is 0 Å². The van der Waals surface area contributed by atoms with Crippen molar-refractivity contribution in [2.45, 2.75) is 19.3 Å². The highest BCUT2D eigenvalue weighted by Crippen LogP contribution is 2.24. The number of carbonyl (C=O) groups excluding carboxylic acids is 2. The summed E-state index contributed by atoms with van der Waals surface area (Å²) in [5.74, 6) is 0.0237. The van der Waals surface area contributed by atoms with E-state index in [1.165, 1.54) is 6.42 Å². The fourth-order valence-electron chi connectivity index (χ4n) is 3.03. The number of piperidine rings is 1. The van der Waals surface area contributed by atoms with Crippen LogP contribution in [0.3, 0.4) is 0 Å². The molecule has 2 aromatic rings. The molecule has 1 amide bonds. The molecule has 1 aliphatic rings. The van der Waals surface area contributed by atoms with E-state index in [0.29, 0.717) is 16.8 Å². The van der Waals surface area contributed by atoms with Crippen molar-refractivity contribution < 1.29 is 9.59 Å². The van der Waals surface area contributed by atoms with Gasteiger partial charge in [0.25, 0.3) is 0 Å². The van der Waals surface area contributed by atoms with Crippen molar-refractivity contribution in [2.24, 2.45) is 0 Å². The first kappa shape index (κ1) is 17.7. The van der Waals surface area contributed by atoms with E-state index < -0.39 is 0 Å². The molecule has 0 saturated carbocycles. The second kappa shape index (κ2) is 8.30. The number of ketones is 1. The number of halogens is 1. The molecular weight excluding hydrogens is 380 g/mol. The molecule has 0 aromatic heterocycles. The monoisotopic (exact) mass is 400 g/mol. The highest BCUT2D eigenvalue weighted by molar-refractivity contribution is 9.10. The standard InChI is InChI=1S/C20H21BrN2O2/c21-16-9-10-18(22-14-19(24)23-11-5-2-6-12-23)17(13-16)20(25)15-7-3-1-4-8-15/h1,3-4,7-10,13,22H,2,5-6,11-12,14H2. The summed E-state index contributed by atoms with van der Waals surface area (Å²) in [5.41, 5.74) is 1.88. The lowest BCUT2D eigenvalue weighted by Gasteiger charge is -2.27. The Morgan fingerprint density at radius 2 is 1.72 bits per heavy atom. The predicted octanol–water partition coefficient (Wildman–Crippen LogP) is 4.10. The van der Waals surface area contributed by atoms with Crippen LogP contribution in [-0.2, 0) is 4.79 Å². The first-order valence-electron chi connectivity index (χ1n) is 8.56. The molecule has 3 rings (SSSR count). The lowest BCUT2D eigenvalue weighted by Crippen LogP contribution is -2.39. The molecule has 0 bridgehead atoms. The number of benzene rings is 2. The van der Waals surface area contributed by atoms with Gasteiger partial charge in [-0.3, -0.25) is 9.59 Å². The fourth-order valence-corrected chi connectivity index (χ4v) is 3.39. The van der Waals surface area contributed by atoms with E-state index in [9.17, 15) is 9.59 Å². The fraction of sp³-hybridized carbons (Fsp3) is 0.300. The maximum atomic E-state index is 12.8. The average Bonchev–Trinajstić information content (AvgIpc) is 2.67. The molecule has 1 fully saturated rings. The van der Waals surface area contributed by atoms with Crippen molar-refractivity contribution in [3.63, 3.8) is 0 Å². The third kappa shape index (κ3) is 4.48. The molecule has 0 spiro atoms. The number of nitrogens with zero attached hydrogens (tertiary/aromatic N) is 1. The van der Waals surface area contributed by atoms with E-state index >= 15 is 0 Å². The number of carbonyl (C=O) groups is 2. The van der Waals surface area contributed by atoms with Crippen LogP contribution in [0.4, 0.5) is 5.69 Å². The summed E-state index contributed by atoms with van der Waals surface area (Å²) in [4.78, 5) is 27.1. The van der Waals surface area contributed by atoms with Crippen LogP contribution < -0.4 is 5.32 Å².